The van der Waals surface area contributed by atoms with Crippen LogP contribution in [0.2, 0.25) is 0 Å². The Morgan fingerprint density at radius 2 is 1.96 bits per heavy atom. The highest BCUT2D eigenvalue weighted by Gasteiger charge is 2.36. The van der Waals surface area contributed by atoms with Gasteiger partial charge in [-0.25, -0.2) is 4.79 Å². The molecule has 0 spiro atoms. The van der Waals surface area contributed by atoms with Crippen molar-refractivity contribution in [3.05, 3.63) is 54.4 Å². The fourth-order valence-corrected chi connectivity index (χ4v) is 2.52. The van der Waals surface area contributed by atoms with Gasteiger partial charge in [-0.05, 0) is 45.0 Å². The topological polar surface area (TPSA) is 51.7 Å². The molecule has 3 rings (SSSR count). The van der Waals surface area contributed by atoms with Crippen molar-refractivity contribution in [1.82, 2.24) is 4.98 Å². The molecule has 0 unspecified atom stereocenters. The fraction of sp³-hybridized carbons (Fsp3) is 0.333. The summed E-state index contributed by atoms with van der Waals surface area (Å²) in [5, 5.41) is 0. The lowest BCUT2D eigenvalue weighted by Gasteiger charge is -2.37. The first-order valence-electron chi connectivity index (χ1n) is 7.61. The summed E-state index contributed by atoms with van der Waals surface area (Å²) in [7, 11) is 0. The molecule has 0 radical (unpaired) electrons. The van der Waals surface area contributed by atoms with Gasteiger partial charge >= 0.3 is 6.09 Å². The Bertz CT molecular complexity index is 695. The number of benzene rings is 1. The van der Waals surface area contributed by atoms with E-state index in [9.17, 15) is 4.79 Å². The molecule has 1 aliphatic heterocycles. The monoisotopic (exact) mass is 312 g/mol. The predicted octanol–water partition coefficient (Wildman–Crippen LogP) is 3.96. The number of para-hydroxylation sites is 2. The molecule has 0 saturated heterocycles. The van der Waals surface area contributed by atoms with Crippen LogP contribution < -0.4 is 9.64 Å². The zero-order valence-corrected chi connectivity index (χ0v) is 13.5. The molecule has 1 atom stereocenters. The SMILES string of the molecule is CC(C)(C)OC(=O)N1c2ccccc2OC[C@H]1c1ccccn1. The highest BCUT2D eigenvalue weighted by atomic mass is 16.6. The molecule has 5 nitrogen and oxygen atoms in total. The third-order valence-corrected chi connectivity index (χ3v) is 3.45. The minimum Gasteiger partial charge on any atom is -0.489 e. The summed E-state index contributed by atoms with van der Waals surface area (Å²) in [6, 6.07) is 12.8. The van der Waals surface area contributed by atoms with Gasteiger partial charge in [0, 0.05) is 6.20 Å². The number of hydrogen-bond acceptors (Lipinski definition) is 4. The van der Waals surface area contributed by atoms with E-state index in [1.807, 2.05) is 63.2 Å². The predicted molar refractivity (Wildman–Crippen MR) is 87.6 cm³/mol. The van der Waals surface area contributed by atoms with Crippen LogP contribution in [0.4, 0.5) is 10.5 Å². The van der Waals surface area contributed by atoms with Crippen molar-refractivity contribution in [2.75, 3.05) is 11.5 Å². The first-order valence-corrected chi connectivity index (χ1v) is 7.61. The first kappa shape index (κ1) is 15.3. The molecular formula is C18H20N2O3. The van der Waals surface area contributed by atoms with Gasteiger partial charge in [0.25, 0.3) is 0 Å². The number of pyridine rings is 1. The third kappa shape index (κ3) is 3.28. The van der Waals surface area contributed by atoms with Gasteiger partial charge in [-0.1, -0.05) is 18.2 Å². The summed E-state index contributed by atoms with van der Waals surface area (Å²) in [5.41, 5.74) is 0.899. The largest absolute Gasteiger partial charge is 0.489 e. The summed E-state index contributed by atoms with van der Waals surface area (Å²) in [5.74, 6) is 0.672. The van der Waals surface area contributed by atoms with Gasteiger partial charge in [0.1, 0.15) is 24.0 Å². The standard InChI is InChI=1S/C18H20N2O3/c1-18(2,3)23-17(21)20-14-9-4-5-10-16(14)22-12-15(20)13-8-6-7-11-19-13/h4-11,15H,12H2,1-3H3/t15-/m0/s1. The lowest BCUT2D eigenvalue weighted by atomic mass is 10.1. The molecule has 1 aromatic heterocycles. The minimum atomic E-state index is -0.570. The van der Waals surface area contributed by atoms with E-state index in [2.05, 4.69) is 4.98 Å². The van der Waals surface area contributed by atoms with Crippen molar-refractivity contribution < 1.29 is 14.3 Å². The van der Waals surface area contributed by atoms with Crippen LogP contribution >= 0.6 is 0 Å². The van der Waals surface area contributed by atoms with Gasteiger partial charge in [0.05, 0.1) is 11.4 Å². The van der Waals surface area contributed by atoms with Crippen LogP contribution in [-0.2, 0) is 4.74 Å². The molecule has 23 heavy (non-hydrogen) atoms. The van der Waals surface area contributed by atoms with Gasteiger partial charge in [-0.15, -0.1) is 0 Å². The second kappa shape index (κ2) is 5.91. The molecule has 0 aliphatic carbocycles. The van der Waals surface area contributed by atoms with Crippen LogP contribution in [0.3, 0.4) is 0 Å². The third-order valence-electron chi connectivity index (χ3n) is 3.45. The van der Waals surface area contributed by atoms with E-state index in [0.717, 1.165) is 5.69 Å². The van der Waals surface area contributed by atoms with E-state index in [4.69, 9.17) is 9.47 Å². The molecule has 5 heteroatoms. The lowest BCUT2D eigenvalue weighted by Crippen LogP contribution is -2.44. The van der Waals surface area contributed by atoms with E-state index in [-0.39, 0.29) is 6.04 Å². The number of amides is 1. The van der Waals surface area contributed by atoms with E-state index in [1.165, 1.54) is 0 Å². The summed E-state index contributed by atoms with van der Waals surface area (Å²) < 4.78 is 11.4. The Morgan fingerprint density at radius 1 is 1.22 bits per heavy atom. The molecule has 120 valence electrons. The Labute approximate surface area is 135 Å². The first-order chi connectivity index (χ1) is 11.0. The normalized spacial score (nSPS) is 17.2. The highest BCUT2D eigenvalue weighted by molar-refractivity contribution is 5.91. The highest BCUT2D eigenvalue weighted by Crippen LogP contribution is 2.39. The molecule has 1 amide bonds. The van der Waals surface area contributed by atoms with Crippen molar-refractivity contribution in [3.63, 3.8) is 0 Å². The molecule has 2 heterocycles. The van der Waals surface area contributed by atoms with Gasteiger partial charge in [0.15, 0.2) is 0 Å². The number of ether oxygens (including phenoxy) is 2. The van der Waals surface area contributed by atoms with Gasteiger partial charge in [-0.2, -0.15) is 0 Å². The van der Waals surface area contributed by atoms with Crippen LogP contribution in [0.25, 0.3) is 0 Å². The van der Waals surface area contributed by atoms with Crippen molar-refractivity contribution in [1.29, 1.82) is 0 Å². The van der Waals surface area contributed by atoms with Crippen molar-refractivity contribution in [2.24, 2.45) is 0 Å². The maximum absolute atomic E-state index is 12.8. The van der Waals surface area contributed by atoms with Crippen LogP contribution in [0.1, 0.15) is 32.5 Å². The number of anilines is 1. The van der Waals surface area contributed by atoms with Crippen LogP contribution in [0, 0.1) is 0 Å². The second-order valence-electron chi connectivity index (χ2n) is 6.40. The summed E-state index contributed by atoms with van der Waals surface area (Å²) in [6.07, 6.45) is 1.31. The quantitative estimate of drug-likeness (QED) is 0.800. The van der Waals surface area contributed by atoms with Crippen molar-refractivity contribution in [2.45, 2.75) is 32.4 Å². The van der Waals surface area contributed by atoms with Crippen molar-refractivity contribution in [3.8, 4) is 5.75 Å². The maximum Gasteiger partial charge on any atom is 0.415 e. The number of hydrogen-bond donors (Lipinski definition) is 0. The van der Waals surface area contributed by atoms with Gasteiger partial charge in [0.2, 0.25) is 0 Å². The molecule has 1 aromatic carbocycles. The van der Waals surface area contributed by atoms with E-state index in [0.29, 0.717) is 18.0 Å². The number of aromatic nitrogens is 1. The molecule has 0 bridgehead atoms. The van der Waals surface area contributed by atoms with Crippen molar-refractivity contribution >= 4 is 11.8 Å². The summed E-state index contributed by atoms with van der Waals surface area (Å²) in [6.45, 7) is 5.90. The zero-order chi connectivity index (χ0) is 16.4. The minimum absolute atomic E-state index is 0.319. The van der Waals surface area contributed by atoms with Crippen LogP contribution in [0.15, 0.2) is 48.7 Å². The Kier molecular flexibility index (Phi) is 3.94. The second-order valence-corrected chi connectivity index (χ2v) is 6.40. The molecule has 2 aromatic rings. The smallest absolute Gasteiger partial charge is 0.415 e. The summed E-state index contributed by atoms with van der Waals surface area (Å²) in [4.78, 5) is 18.8. The number of rotatable bonds is 1. The average molecular weight is 312 g/mol. The Morgan fingerprint density at radius 3 is 2.65 bits per heavy atom. The van der Waals surface area contributed by atoms with Gasteiger partial charge < -0.3 is 9.47 Å². The number of carbonyl (C=O) groups is 1. The molecule has 0 fully saturated rings. The maximum atomic E-state index is 12.8. The van der Waals surface area contributed by atoms with E-state index >= 15 is 0 Å². The number of carbonyl (C=O) groups excluding carboxylic acids is 1. The average Bonchev–Trinajstić information content (AvgIpc) is 2.53. The Hall–Kier alpha value is -2.56. The fourth-order valence-electron chi connectivity index (χ4n) is 2.52. The van der Waals surface area contributed by atoms with Crippen LogP contribution in [-0.4, -0.2) is 23.3 Å². The lowest BCUT2D eigenvalue weighted by molar-refractivity contribution is 0.0541. The van der Waals surface area contributed by atoms with E-state index in [1.54, 1.807) is 11.1 Å². The molecule has 0 saturated carbocycles. The summed E-state index contributed by atoms with van der Waals surface area (Å²) >= 11 is 0. The Balaban J connectivity index is 2.02. The number of fused-ring (bicyclic) bond motifs is 1. The molecule has 1 aliphatic rings. The van der Waals surface area contributed by atoms with Crippen LogP contribution in [0.5, 0.6) is 5.75 Å². The van der Waals surface area contributed by atoms with Gasteiger partial charge in [-0.3, -0.25) is 9.88 Å². The number of nitrogens with zero attached hydrogens (tertiary/aromatic N) is 2. The molecular weight excluding hydrogens is 292 g/mol. The zero-order valence-electron chi connectivity index (χ0n) is 13.5. The molecule has 0 N–H and O–H groups in total. The van der Waals surface area contributed by atoms with E-state index < -0.39 is 11.7 Å².